The Labute approximate surface area is 123 Å². The van der Waals surface area contributed by atoms with Crippen LogP contribution in [0.4, 0.5) is 0 Å². The number of rotatable bonds is 7. The summed E-state index contributed by atoms with van der Waals surface area (Å²) in [5.74, 6) is 0. The van der Waals surface area contributed by atoms with Gasteiger partial charge in [-0.1, -0.05) is 24.6 Å². The second kappa shape index (κ2) is 7.08. The first kappa shape index (κ1) is 14.6. The lowest BCUT2D eigenvalue weighted by atomic mass is 10.1. The van der Waals surface area contributed by atoms with E-state index in [0.29, 0.717) is 5.02 Å². The van der Waals surface area contributed by atoms with E-state index in [4.69, 9.17) is 17.3 Å². The molecule has 3 nitrogen and oxygen atoms in total. The van der Waals surface area contributed by atoms with Crippen molar-refractivity contribution in [3.63, 3.8) is 0 Å². The molecule has 1 atom stereocenters. The normalized spacial score (nSPS) is 12.8. The van der Waals surface area contributed by atoms with Gasteiger partial charge < -0.3 is 5.73 Å². The summed E-state index contributed by atoms with van der Waals surface area (Å²) in [6.07, 6.45) is 5.84. The molecule has 19 heavy (non-hydrogen) atoms. The first-order valence-electron chi connectivity index (χ1n) is 6.71. The van der Waals surface area contributed by atoms with Crippen molar-refractivity contribution in [3.8, 4) is 0 Å². The Hall–Kier alpha value is -0.840. The second-order valence-electron chi connectivity index (χ2n) is 4.68. The highest BCUT2D eigenvalue weighted by Gasteiger charge is 2.16. The van der Waals surface area contributed by atoms with Crippen molar-refractivity contribution in [2.45, 2.75) is 45.2 Å². The molecule has 0 spiro atoms. The van der Waals surface area contributed by atoms with Crippen molar-refractivity contribution in [1.29, 1.82) is 0 Å². The molecule has 0 radical (unpaired) electrons. The Morgan fingerprint density at radius 3 is 3.05 bits per heavy atom. The standard InChI is InChI=1S/C14H20ClN3S/c1-2-8-18-14(12(15)10-17-18)13(16)7-3-5-11-6-4-9-19-11/h4,6,9-10,13H,2-3,5,7-8,16H2,1H3. The fourth-order valence-electron chi connectivity index (χ4n) is 2.22. The molecule has 0 amide bonds. The Balaban J connectivity index is 1.91. The van der Waals surface area contributed by atoms with E-state index in [1.165, 1.54) is 4.88 Å². The Kier molecular flexibility index (Phi) is 5.43. The first-order valence-corrected chi connectivity index (χ1v) is 7.97. The highest BCUT2D eigenvalue weighted by Crippen LogP contribution is 2.25. The summed E-state index contributed by atoms with van der Waals surface area (Å²) in [6, 6.07) is 4.24. The molecule has 0 fully saturated rings. The molecule has 1 unspecified atom stereocenters. The number of thiophene rings is 1. The van der Waals surface area contributed by atoms with Gasteiger partial charge in [-0.25, -0.2) is 0 Å². The molecule has 0 bridgehead atoms. The number of hydrogen-bond donors (Lipinski definition) is 1. The molecule has 5 heteroatoms. The van der Waals surface area contributed by atoms with Crippen molar-refractivity contribution < 1.29 is 0 Å². The van der Waals surface area contributed by atoms with Crippen molar-refractivity contribution in [3.05, 3.63) is 39.3 Å². The maximum atomic E-state index is 6.27. The topological polar surface area (TPSA) is 43.8 Å². The predicted molar refractivity (Wildman–Crippen MR) is 81.7 cm³/mol. The molecule has 2 aromatic heterocycles. The Bertz CT molecular complexity index is 493. The molecule has 0 aliphatic rings. The maximum Gasteiger partial charge on any atom is 0.0834 e. The molecule has 0 aromatic carbocycles. The average molecular weight is 298 g/mol. The van der Waals surface area contributed by atoms with Crippen LogP contribution in [0.3, 0.4) is 0 Å². The van der Waals surface area contributed by atoms with Crippen LogP contribution in [0.25, 0.3) is 0 Å². The molecular weight excluding hydrogens is 278 g/mol. The van der Waals surface area contributed by atoms with E-state index in [0.717, 1.165) is 37.9 Å². The smallest absolute Gasteiger partial charge is 0.0834 e. The van der Waals surface area contributed by atoms with Crippen LogP contribution >= 0.6 is 22.9 Å². The SMILES string of the molecule is CCCn1ncc(Cl)c1C(N)CCCc1cccs1. The number of aryl methyl sites for hydroxylation is 2. The van der Waals surface area contributed by atoms with E-state index in [2.05, 4.69) is 29.5 Å². The van der Waals surface area contributed by atoms with Gasteiger partial charge in [0.05, 0.1) is 16.9 Å². The molecule has 2 heterocycles. The van der Waals surface area contributed by atoms with Gasteiger partial charge in [0, 0.05) is 17.5 Å². The van der Waals surface area contributed by atoms with E-state index >= 15 is 0 Å². The number of nitrogens with zero attached hydrogens (tertiary/aromatic N) is 2. The zero-order valence-electron chi connectivity index (χ0n) is 11.2. The van der Waals surface area contributed by atoms with E-state index in [1.807, 2.05) is 4.68 Å². The fraction of sp³-hybridized carbons (Fsp3) is 0.500. The van der Waals surface area contributed by atoms with Gasteiger partial charge in [-0.05, 0) is 37.1 Å². The summed E-state index contributed by atoms with van der Waals surface area (Å²) >= 11 is 7.99. The third kappa shape index (κ3) is 3.81. The van der Waals surface area contributed by atoms with Gasteiger partial charge in [0.25, 0.3) is 0 Å². The lowest BCUT2D eigenvalue weighted by molar-refractivity contribution is 0.514. The van der Waals surface area contributed by atoms with Crippen LogP contribution in [0, 0.1) is 0 Å². The molecule has 0 aliphatic heterocycles. The van der Waals surface area contributed by atoms with Crippen LogP contribution in [-0.2, 0) is 13.0 Å². The first-order chi connectivity index (χ1) is 9.22. The summed E-state index contributed by atoms with van der Waals surface area (Å²) in [5, 5.41) is 7.10. The van der Waals surface area contributed by atoms with E-state index in [9.17, 15) is 0 Å². The number of hydrogen-bond acceptors (Lipinski definition) is 3. The highest BCUT2D eigenvalue weighted by atomic mass is 35.5. The molecule has 2 N–H and O–H groups in total. The average Bonchev–Trinajstić information content (AvgIpc) is 3.00. The molecule has 0 saturated heterocycles. The van der Waals surface area contributed by atoms with Crippen molar-refractivity contribution in [2.75, 3.05) is 0 Å². The second-order valence-corrected chi connectivity index (χ2v) is 6.12. The van der Waals surface area contributed by atoms with E-state index < -0.39 is 0 Å². The predicted octanol–water partition coefficient (Wildman–Crippen LogP) is 4.03. The van der Waals surface area contributed by atoms with E-state index in [1.54, 1.807) is 17.5 Å². The highest BCUT2D eigenvalue weighted by molar-refractivity contribution is 7.09. The lowest BCUT2D eigenvalue weighted by Gasteiger charge is -2.14. The Morgan fingerprint density at radius 2 is 2.37 bits per heavy atom. The van der Waals surface area contributed by atoms with Gasteiger partial charge >= 0.3 is 0 Å². The van der Waals surface area contributed by atoms with Gasteiger partial charge in [-0.2, -0.15) is 5.10 Å². The lowest BCUT2D eigenvalue weighted by Crippen LogP contribution is -2.17. The molecule has 2 rings (SSSR count). The van der Waals surface area contributed by atoms with Crippen molar-refractivity contribution >= 4 is 22.9 Å². The summed E-state index contributed by atoms with van der Waals surface area (Å²) in [5.41, 5.74) is 7.25. The van der Waals surface area contributed by atoms with Crippen LogP contribution < -0.4 is 5.73 Å². The summed E-state index contributed by atoms with van der Waals surface area (Å²) in [4.78, 5) is 1.42. The Morgan fingerprint density at radius 1 is 1.53 bits per heavy atom. The fourth-order valence-corrected chi connectivity index (χ4v) is 3.25. The van der Waals surface area contributed by atoms with Gasteiger partial charge in [0.15, 0.2) is 0 Å². The monoisotopic (exact) mass is 297 g/mol. The summed E-state index contributed by atoms with van der Waals surface area (Å²) < 4.78 is 1.94. The van der Waals surface area contributed by atoms with Crippen LogP contribution in [0.1, 0.15) is 42.8 Å². The number of aromatic nitrogens is 2. The molecule has 0 saturated carbocycles. The minimum atomic E-state index is -0.0264. The zero-order chi connectivity index (χ0) is 13.7. The summed E-state index contributed by atoms with van der Waals surface area (Å²) in [6.45, 7) is 3.00. The van der Waals surface area contributed by atoms with Crippen LogP contribution in [0.2, 0.25) is 5.02 Å². The van der Waals surface area contributed by atoms with Crippen LogP contribution in [0.15, 0.2) is 23.7 Å². The molecule has 0 aliphatic carbocycles. The van der Waals surface area contributed by atoms with Crippen LogP contribution in [-0.4, -0.2) is 9.78 Å². The number of nitrogens with two attached hydrogens (primary N) is 1. The van der Waals surface area contributed by atoms with Crippen LogP contribution in [0.5, 0.6) is 0 Å². The minimum Gasteiger partial charge on any atom is -0.323 e. The number of halogens is 1. The molecular formula is C14H20ClN3S. The third-order valence-electron chi connectivity index (χ3n) is 3.14. The van der Waals surface area contributed by atoms with Gasteiger partial charge in [0.2, 0.25) is 0 Å². The quantitative estimate of drug-likeness (QED) is 0.838. The molecule has 104 valence electrons. The van der Waals surface area contributed by atoms with E-state index in [-0.39, 0.29) is 6.04 Å². The molecule has 2 aromatic rings. The minimum absolute atomic E-state index is 0.0264. The summed E-state index contributed by atoms with van der Waals surface area (Å²) in [7, 11) is 0. The third-order valence-corrected chi connectivity index (χ3v) is 4.37. The van der Waals surface area contributed by atoms with Gasteiger partial charge in [-0.3, -0.25) is 4.68 Å². The maximum absolute atomic E-state index is 6.27. The largest absolute Gasteiger partial charge is 0.323 e. The zero-order valence-corrected chi connectivity index (χ0v) is 12.8. The van der Waals surface area contributed by atoms with Crippen molar-refractivity contribution in [1.82, 2.24) is 9.78 Å². The van der Waals surface area contributed by atoms with Crippen molar-refractivity contribution in [2.24, 2.45) is 5.73 Å². The van der Waals surface area contributed by atoms with Gasteiger partial charge in [0.1, 0.15) is 0 Å². The van der Waals surface area contributed by atoms with Gasteiger partial charge in [-0.15, -0.1) is 11.3 Å².